The largest absolute Gasteiger partial charge is 0.477 e. The van der Waals surface area contributed by atoms with Crippen LogP contribution >= 0.6 is 0 Å². The van der Waals surface area contributed by atoms with Crippen molar-refractivity contribution in [3.05, 3.63) is 65.9 Å². The van der Waals surface area contributed by atoms with Crippen LogP contribution in [0.15, 0.2) is 59.0 Å². The fourth-order valence-electron chi connectivity index (χ4n) is 2.62. The molecule has 4 aromatic rings. The van der Waals surface area contributed by atoms with Crippen molar-refractivity contribution in [2.45, 2.75) is 0 Å². The number of hydrogen-bond acceptors (Lipinski definition) is 3. The molecule has 0 aliphatic rings. The molecule has 0 aliphatic heterocycles. The zero-order valence-electron chi connectivity index (χ0n) is 12.4. The number of anilines is 1. The van der Waals surface area contributed by atoms with Crippen molar-refractivity contribution < 1.29 is 19.1 Å². The van der Waals surface area contributed by atoms with Crippen LogP contribution in [0, 0.1) is 0 Å². The number of fused-ring (bicyclic) bond motifs is 2. The summed E-state index contributed by atoms with van der Waals surface area (Å²) in [7, 11) is 0. The maximum absolute atomic E-state index is 12.4. The molecule has 0 aliphatic carbocycles. The van der Waals surface area contributed by atoms with E-state index in [1.165, 1.54) is 6.07 Å². The Hall–Kier alpha value is -3.54. The van der Waals surface area contributed by atoms with Crippen molar-refractivity contribution in [3.8, 4) is 0 Å². The molecule has 6 heteroatoms. The van der Waals surface area contributed by atoms with E-state index >= 15 is 0 Å². The molecule has 0 unspecified atom stereocenters. The standard InChI is InChI=1S/C18H12N2O4/c21-17(20-16-9-10-3-1-2-4-15(10)24-16)11-5-6-13-12(7-11)8-14(19-13)18(22)23/h1-9,19H,(H,20,21)(H,22,23). The summed E-state index contributed by atoms with van der Waals surface area (Å²) in [5.74, 6) is -1.00. The molecule has 2 aromatic heterocycles. The van der Waals surface area contributed by atoms with Crippen LogP contribution in [0.25, 0.3) is 21.9 Å². The maximum atomic E-state index is 12.4. The van der Waals surface area contributed by atoms with E-state index in [0.717, 1.165) is 5.39 Å². The van der Waals surface area contributed by atoms with E-state index in [1.54, 1.807) is 24.3 Å². The summed E-state index contributed by atoms with van der Waals surface area (Å²) in [5, 5.41) is 13.3. The van der Waals surface area contributed by atoms with Gasteiger partial charge in [-0.05, 0) is 30.3 Å². The summed E-state index contributed by atoms with van der Waals surface area (Å²) in [4.78, 5) is 26.1. The summed E-state index contributed by atoms with van der Waals surface area (Å²) in [6.07, 6.45) is 0. The van der Waals surface area contributed by atoms with Gasteiger partial charge in [0.05, 0.1) is 0 Å². The minimum atomic E-state index is -1.04. The molecule has 0 saturated heterocycles. The van der Waals surface area contributed by atoms with E-state index < -0.39 is 5.97 Å². The van der Waals surface area contributed by atoms with Gasteiger partial charge in [-0.15, -0.1) is 0 Å². The molecule has 0 spiro atoms. The SMILES string of the molecule is O=C(Nc1cc2ccccc2o1)c1ccc2[nH]c(C(=O)O)cc2c1. The third-order valence-corrected chi connectivity index (χ3v) is 3.78. The van der Waals surface area contributed by atoms with E-state index in [-0.39, 0.29) is 11.6 Å². The number of aromatic nitrogens is 1. The molecular weight excluding hydrogens is 308 g/mol. The van der Waals surface area contributed by atoms with E-state index in [2.05, 4.69) is 10.3 Å². The zero-order valence-corrected chi connectivity index (χ0v) is 12.4. The lowest BCUT2D eigenvalue weighted by molar-refractivity contribution is 0.0691. The lowest BCUT2D eigenvalue weighted by Gasteiger charge is -2.02. The number of carbonyl (C=O) groups excluding carboxylic acids is 1. The van der Waals surface area contributed by atoms with Crippen molar-refractivity contribution in [2.24, 2.45) is 0 Å². The number of carbonyl (C=O) groups is 2. The number of carboxylic acids is 1. The predicted molar refractivity (Wildman–Crippen MR) is 89.4 cm³/mol. The first-order chi connectivity index (χ1) is 11.6. The Kier molecular flexibility index (Phi) is 3.09. The van der Waals surface area contributed by atoms with E-state index in [1.807, 2.05) is 24.3 Å². The lowest BCUT2D eigenvalue weighted by Crippen LogP contribution is -2.10. The summed E-state index contributed by atoms with van der Waals surface area (Å²) >= 11 is 0. The number of carboxylic acid groups (broad SMARTS) is 1. The number of hydrogen-bond donors (Lipinski definition) is 3. The fourth-order valence-corrected chi connectivity index (χ4v) is 2.62. The topological polar surface area (TPSA) is 95.3 Å². The van der Waals surface area contributed by atoms with Gasteiger partial charge in [-0.3, -0.25) is 10.1 Å². The quantitative estimate of drug-likeness (QED) is 0.534. The highest BCUT2D eigenvalue weighted by atomic mass is 16.4. The molecule has 0 bridgehead atoms. The highest BCUT2D eigenvalue weighted by Gasteiger charge is 2.12. The van der Waals surface area contributed by atoms with E-state index in [0.29, 0.717) is 27.9 Å². The monoisotopic (exact) mass is 320 g/mol. The van der Waals surface area contributed by atoms with Gasteiger partial charge >= 0.3 is 5.97 Å². The van der Waals surface area contributed by atoms with Crippen LogP contribution < -0.4 is 5.32 Å². The van der Waals surface area contributed by atoms with Crippen molar-refractivity contribution >= 4 is 39.6 Å². The average Bonchev–Trinajstić information content (AvgIpc) is 3.17. The van der Waals surface area contributed by atoms with Crippen molar-refractivity contribution in [1.82, 2.24) is 4.98 Å². The van der Waals surface area contributed by atoms with Crippen molar-refractivity contribution in [3.63, 3.8) is 0 Å². The molecule has 6 nitrogen and oxygen atoms in total. The summed E-state index contributed by atoms with van der Waals surface area (Å²) in [6, 6.07) is 15.7. The Balaban J connectivity index is 1.63. The van der Waals surface area contributed by atoms with Crippen LogP contribution in [0.1, 0.15) is 20.8 Å². The second kappa shape index (κ2) is 5.27. The van der Waals surface area contributed by atoms with Gasteiger partial charge in [0, 0.05) is 27.9 Å². The van der Waals surface area contributed by atoms with Crippen LogP contribution in [0.3, 0.4) is 0 Å². The Bertz CT molecular complexity index is 1060. The number of nitrogens with one attached hydrogen (secondary N) is 2. The Morgan fingerprint density at radius 3 is 2.62 bits per heavy atom. The Labute approximate surface area is 135 Å². The number of aromatic carboxylic acids is 1. The molecule has 0 saturated carbocycles. The molecule has 2 aromatic carbocycles. The highest BCUT2D eigenvalue weighted by Crippen LogP contribution is 2.24. The van der Waals surface area contributed by atoms with Gasteiger partial charge in [-0.25, -0.2) is 4.79 Å². The normalized spacial score (nSPS) is 11.0. The third kappa shape index (κ3) is 2.40. The summed E-state index contributed by atoms with van der Waals surface area (Å²) in [6.45, 7) is 0. The zero-order chi connectivity index (χ0) is 16.7. The van der Waals surface area contributed by atoms with Crippen molar-refractivity contribution in [2.75, 3.05) is 5.32 Å². The van der Waals surface area contributed by atoms with Crippen LogP contribution in [0.2, 0.25) is 0 Å². The average molecular weight is 320 g/mol. The second-order valence-electron chi connectivity index (χ2n) is 5.39. The number of aromatic amines is 1. The van der Waals surface area contributed by atoms with E-state index in [4.69, 9.17) is 9.52 Å². The van der Waals surface area contributed by atoms with Gasteiger partial charge in [-0.1, -0.05) is 18.2 Å². The Morgan fingerprint density at radius 1 is 1.00 bits per heavy atom. The molecule has 0 radical (unpaired) electrons. The molecule has 0 atom stereocenters. The summed E-state index contributed by atoms with van der Waals surface area (Å²) in [5.41, 5.74) is 1.85. The lowest BCUT2D eigenvalue weighted by atomic mass is 10.1. The number of furan rings is 1. The number of para-hydroxylation sites is 1. The first kappa shape index (κ1) is 14.1. The number of amides is 1. The number of benzene rings is 2. The van der Waals surface area contributed by atoms with Crippen LogP contribution in [-0.4, -0.2) is 22.0 Å². The first-order valence-electron chi connectivity index (χ1n) is 7.26. The number of H-pyrrole nitrogens is 1. The second-order valence-corrected chi connectivity index (χ2v) is 5.39. The van der Waals surface area contributed by atoms with Gasteiger partial charge in [0.25, 0.3) is 5.91 Å². The van der Waals surface area contributed by atoms with Crippen LogP contribution in [0.4, 0.5) is 5.88 Å². The summed E-state index contributed by atoms with van der Waals surface area (Å²) < 4.78 is 5.57. The minimum absolute atomic E-state index is 0.0832. The first-order valence-corrected chi connectivity index (χ1v) is 7.26. The van der Waals surface area contributed by atoms with Crippen molar-refractivity contribution in [1.29, 1.82) is 0 Å². The molecular formula is C18H12N2O4. The third-order valence-electron chi connectivity index (χ3n) is 3.78. The van der Waals surface area contributed by atoms with Gasteiger partial charge in [0.15, 0.2) is 0 Å². The predicted octanol–water partition coefficient (Wildman–Crippen LogP) is 3.86. The van der Waals surface area contributed by atoms with E-state index in [9.17, 15) is 9.59 Å². The molecule has 1 amide bonds. The van der Waals surface area contributed by atoms with Gasteiger partial charge in [0.1, 0.15) is 11.3 Å². The molecule has 4 rings (SSSR count). The number of rotatable bonds is 3. The smallest absolute Gasteiger partial charge is 0.352 e. The van der Waals surface area contributed by atoms with Crippen LogP contribution in [0.5, 0.6) is 0 Å². The maximum Gasteiger partial charge on any atom is 0.352 e. The Morgan fingerprint density at radius 2 is 1.83 bits per heavy atom. The van der Waals surface area contributed by atoms with Crippen LogP contribution in [-0.2, 0) is 0 Å². The van der Waals surface area contributed by atoms with Gasteiger partial charge < -0.3 is 14.5 Å². The molecule has 118 valence electrons. The molecule has 3 N–H and O–H groups in total. The molecule has 24 heavy (non-hydrogen) atoms. The molecule has 2 heterocycles. The molecule has 0 fully saturated rings. The van der Waals surface area contributed by atoms with Gasteiger partial charge in [-0.2, -0.15) is 0 Å². The minimum Gasteiger partial charge on any atom is -0.477 e. The van der Waals surface area contributed by atoms with Gasteiger partial charge in [0.2, 0.25) is 5.88 Å². The highest BCUT2D eigenvalue weighted by molar-refractivity contribution is 6.07. The fraction of sp³-hybridized carbons (Fsp3) is 0.